The molecule has 0 bridgehead atoms. The number of ether oxygens (including phenoxy) is 1. The number of nitro groups is 1. The summed E-state index contributed by atoms with van der Waals surface area (Å²) in [7, 11) is 1.40. The highest BCUT2D eigenvalue weighted by atomic mass is 16.6. The van der Waals surface area contributed by atoms with Crippen molar-refractivity contribution < 1.29 is 9.66 Å². The third kappa shape index (κ3) is 2.83. The Morgan fingerprint density at radius 3 is 2.81 bits per heavy atom. The maximum atomic E-state index is 12.0. The molecular weight excluding hydrogens is 276 g/mol. The van der Waals surface area contributed by atoms with Crippen LogP contribution in [-0.2, 0) is 6.54 Å². The van der Waals surface area contributed by atoms with Gasteiger partial charge in [-0.15, -0.1) is 0 Å². The fourth-order valence-corrected chi connectivity index (χ4v) is 1.96. The van der Waals surface area contributed by atoms with E-state index in [-0.39, 0.29) is 29.5 Å². The Labute approximate surface area is 120 Å². The number of anilines is 1. The number of nitro benzene ring substituents is 1. The molecule has 2 aromatic rings. The fraction of sp³-hybridized carbons (Fsp3) is 0.231. The standard InChI is InChI=1S/C13H14N4O4/c1-8-6-11(18)16(13(15-8)21-2)7-9-4-3-5-10(12(9)14)17(19)20/h3-6H,7,14H2,1-2H3. The van der Waals surface area contributed by atoms with E-state index in [1.165, 1.54) is 29.9 Å². The van der Waals surface area contributed by atoms with Crippen LogP contribution in [0.1, 0.15) is 11.3 Å². The van der Waals surface area contributed by atoms with Crippen LogP contribution in [0.25, 0.3) is 0 Å². The number of nitrogen functional groups attached to an aromatic ring is 1. The monoisotopic (exact) mass is 290 g/mol. The molecule has 2 rings (SSSR count). The molecule has 0 atom stereocenters. The van der Waals surface area contributed by atoms with E-state index in [0.717, 1.165) is 0 Å². The number of hydrogen-bond acceptors (Lipinski definition) is 6. The maximum Gasteiger partial charge on any atom is 0.299 e. The number of rotatable bonds is 4. The molecule has 0 radical (unpaired) electrons. The molecule has 8 heteroatoms. The lowest BCUT2D eigenvalue weighted by Gasteiger charge is -2.12. The van der Waals surface area contributed by atoms with Gasteiger partial charge in [-0.2, -0.15) is 0 Å². The van der Waals surface area contributed by atoms with Gasteiger partial charge >= 0.3 is 0 Å². The van der Waals surface area contributed by atoms with Crippen LogP contribution in [0.3, 0.4) is 0 Å². The summed E-state index contributed by atoms with van der Waals surface area (Å²) >= 11 is 0. The van der Waals surface area contributed by atoms with Crippen LogP contribution < -0.4 is 16.0 Å². The molecule has 1 aromatic heterocycles. The summed E-state index contributed by atoms with van der Waals surface area (Å²) in [5, 5.41) is 10.9. The van der Waals surface area contributed by atoms with E-state index in [2.05, 4.69) is 4.98 Å². The van der Waals surface area contributed by atoms with Crippen LogP contribution in [0.4, 0.5) is 11.4 Å². The van der Waals surface area contributed by atoms with Gasteiger partial charge in [-0.1, -0.05) is 12.1 Å². The van der Waals surface area contributed by atoms with Gasteiger partial charge in [0.15, 0.2) is 0 Å². The minimum Gasteiger partial charge on any atom is -0.468 e. The first-order chi connectivity index (χ1) is 9.93. The summed E-state index contributed by atoms with van der Waals surface area (Å²) in [5.74, 6) is 0. The van der Waals surface area contributed by atoms with Crippen LogP contribution in [0.5, 0.6) is 6.01 Å². The maximum absolute atomic E-state index is 12.0. The molecule has 110 valence electrons. The zero-order valence-electron chi connectivity index (χ0n) is 11.6. The summed E-state index contributed by atoms with van der Waals surface area (Å²) in [6.45, 7) is 1.72. The number of aromatic nitrogens is 2. The largest absolute Gasteiger partial charge is 0.468 e. The van der Waals surface area contributed by atoms with Gasteiger partial charge in [-0.3, -0.25) is 19.5 Å². The number of aryl methyl sites for hydroxylation is 1. The first kappa shape index (κ1) is 14.5. The highest BCUT2D eigenvalue weighted by Gasteiger charge is 2.16. The van der Waals surface area contributed by atoms with Crippen LogP contribution in [0, 0.1) is 17.0 Å². The van der Waals surface area contributed by atoms with Crippen molar-refractivity contribution in [2.24, 2.45) is 0 Å². The molecule has 0 aliphatic carbocycles. The number of benzene rings is 1. The Morgan fingerprint density at radius 1 is 1.48 bits per heavy atom. The van der Waals surface area contributed by atoms with E-state index < -0.39 is 4.92 Å². The van der Waals surface area contributed by atoms with Gasteiger partial charge in [0.25, 0.3) is 17.3 Å². The average molecular weight is 290 g/mol. The molecule has 0 fully saturated rings. The van der Waals surface area contributed by atoms with E-state index >= 15 is 0 Å². The van der Waals surface area contributed by atoms with E-state index in [1.807, 2.05) is 0 Å². The van der Waals surface area contributed by atoms with Crippen molar-refractivity contribution >= 4 is 11.4 Å². The first-order valence-electron chi connectivity index (χ1n) is 6.08. The summed E-state index contributed by atoms with van der Waals surface area (Å²) in [6, 6.07) is 5.94. The van der Waals surface area contributed by atoms with Crippen molar-refractivity contribution in [2.75, 3.05) is 12.8 Å². The van der Waals surface area contributed by atoms with E-state index in [9.17, 15) is 14.9 Å². The molecule has 0 amide bonds. The van der Waals surface area contributed by atoms with Gasteiger partial charge in [-0.25, -0.2) is 4.98 Å². The molecule has 0 aliphatic heterocycles. The van der Waals surface area contributed by atoms with Crippen molar-refractivity contribution in [1.29, 1.82) is 0 Å². The second-order valence-electron chi connectivity index (χ2n) is 4.42. The molecule has 2 N–H and O–H groups in total. The van der Waals surface area contributed by atoms with Crippen molar-refractivity contribution in [1.82, 2.24) is 9.55 Å². The van der Waals surface area contributed by atoms with Crippen LogP contribution in [-0.4, -0.2) is 21.6 Å². The third-order valence-corrected chi connectivity index (χ3v) is 2.98. The van der Waals surface area contributed by atoms with E-state index in [4.69, 9.17) is 10.5 Å². The van der Waals surface area contributed by atoms with Gasteiger partial charge in [-0.05, 0) is 6.92 Å². The normalized spacial score (nSPS) is 10.4. The molecule has 1 heterocycles. The number of hydrogen-bond donors (Lipinski definition) is 1. The summed E-state index contributed by atoms with van der Waals surface area (Å²) in [4.78, 5) is 26.4. The van der Waals surface area contributed by atoms with E-state index in [1.54, 1.807) is 13.0 Å². The number of nitrogens with zero attached hydrogens (tertiary/aromatic N) is 3. The fourth-order valence-electron chi connectivity index (χ4n) is 1.96. The summed E-state index contributed by atoms with van der Waals surface area (Å²) < 4.78 is 6.34. The predicted molar refractivity (Wildman–Crippen MR) is 76.4 cm³/mol. The molecule has 0 saturated carbocycles. The van der Waals surface area contributed by atoms with Crippen molar-refractivity contribution in [3.63, 3.8) is 0 Å². The number of para-hydroxylation sites is 1. The van der Waals surface area contributed by atoms with Gasteiger partial charge < -0.3 is 10.5 Å². The highest BCUT2D eigenvalue weighted by molar-refractivity contribution is 5.63. The summed E-state index contributed by atoms with van der Waals surface area (Å²) in [5.41, 5.74) is 6.28. The zero-order valence-corrected chi connectivity index (χ0v) is 11.6. The predicted octanol–water partition coefficient (Wildman–Crippen LogP) is 1.10. The minimum absolute atomic E-state index is 0.0250. The Morgan fingerprint density at radius 2 is 2.19 bits per heavy atom. The molecule has 8 nitrogen and oxygen atoms in total. The quantitative estimate of drug-likeness (QED) is 0.512. The second-order valence-corrected chi connectivity index (χ2v) is 4.42. The SMILES string of the molecule is COc1nc(C)cc(=O)n1Cc1cccc([N+](=O)[O-])c1N. The number of methoxy groups -OCH3 is 1. The van der Waals surface area contributed by atoms with Gasteiger partial charge in [0, 0.05) is 23.4 Å². The smallest absolute Gasteiger partial charge is 0.299 e. The Kier molecular flexibility index (Phi) is 3.88. The Balaban J connectivity index is 2.51. The van der Waals surface area contributed by atoms with Gasteiger partial charge in [0.2, 0.25) is 0 Å². The molecule has 0 unspecified atom stereocenters. The van der Waals surface area contributed by atoms with Crippen LogP contribution in [0.2, 0.25) is 0 Å². The minimum atomic E-state index is -0.563. The Hall–Kier alpha value is -2.90. The molecule has 0 aliphatic rings. The summed E-state index contributed by atoms with van der Waals surface area (Å²) in [6.07, 6.45) is 0. The third-order valence-electron chi connectivity index (χ3n) is 2.98. The lowest BCUT2D eigenvalue weighted by Crippen LogP contribution is -2.23. The van der Waals surface area contributed by atoms with Gasteiger partial charge in [0.1, 0.15) is 5.69 Å². The van der Waals surface area contributed by atoms with Crippen molar-refractivity contribution in [3.05, 3.63) is 56.0 Å². The Bertz CT molecular complexity index is 754. The van der Waals surface area contributed by atoms with Crippen molar-refractivity contribution in [3.8, 4) is 6.01 Å². The molecule has 0 saturated heterocycles. The molecule has 0 spiro atoms. The molecule has 1 aromatic carbocycles. The number of nitrogens with two attached hydrogens (primary N) is 1. The van der Waals surface area contributed by atoms with Crippen LogP contribution >= 0.6 is 0 Å². The zero-order chi connectivity index (χ0) is 15.6. The molecule has 21 heavy (non-hydrogen) atoms. The first-order valence-corrected chi connectivity index (χ1v) is 6.08. The molecular formula is C13H14N4O4. The average Bonchev–Trinajstić information content (AvgIpc) is 2.42. The highest BCUT2D eigenvalue weighted by Crippen LogP contribution is 2.25. The van der Waals surface area contributed by atoms with Crippen molar-refractivity contribution in [2.45, 2.75) is 13.5 Å². The van der Waals surface area contributed by atoms with Crippen LogP contribution in [0.15, 0.2) is 29.1 Å². The van der Waals surface area contributed by atoms with E-state index in [0.29, 0.717) is 11.3 Å². The lowest BCUT2D eigenvalue weighted by molar-refractivity contribution is -0.383. The topological polar surface area (TPSA) is 113 Å². The van der Waals surface area contributed by atoms with Gasteiger partial charge in [0.05, 0.1) is 18.6 Å². The second kappa shape index (κ2) is 5.61. The lowest BCUT2D eigenvalue weighted by atomic mass is 10.1.